The van der Waals surface area contributed by atoms with Crippen LogP contribution in [0.3, 0.4) is 0 Å². The molecule has 0 heterocycles. The number of ether oxygens (including phenoxy) is 1. The normalized spacial score (nSPS) is 9.94. The third-order valence-corrected chi connectivity index (χ3v) is 2.08. The Hall–Kier alpha value is -1.14. The minimum Gasteiger partial charge on any atom is -0.481 e. The molecule has 0 aliphatic rings. The topological polar surface area (TPSA) is 47.6 Å². The predicted molar refractivity (Wildman–Crippen MR) is 59.4 cm³/mol. The molecule has 0 aromatic heterocycles. The monoisotopic (exact) mass is 291 g/mol. The summed E-state index contributed by atoms with van der Waals surface area (Å²) < 4.78 is 18.8. The molecule has 4 nitrogen and oxygen atoms in total. The molecule has 1 amide bonds. The highest BCUT2D eigenvalue weighted by Crippen LogP contribution is 2.21. The lowest BCUT2D eigenvalue weighted by atomic mass is 10.3. The molecule has 16 heavy (non-hydrogen) atoms. The van der Waals surface area contributed by atoms with E-state index < -0.39 is 11.7 Å². The summed E-state index contributed by atoms with van der Waals surface area (Å²) >= 11 is 3.12. The fourth-order valence-electron chi connectivity index (χ4n) is 0.918. The van der Waals surface area contributed by atoms with Gasteiger partial charge in [-0.3, -0.25) is 9.63 Å². The molecule has 0 bridgehead atoms. The summed E-state index contributed by atoms with van der Waals surface area (Å²) in [6, 6.07) is 4.32. The number of hydroxylamine groups is 1. The molecule has 0 atom stereocenters. The molecule has 0 unspecified atom stereocenters. The summed E-state index contributed by atoms with van der Waals surface area (Å²) in [4.78, 5) is 15.7. The number of rotatable bonds is 5. The molecule has 0 aliphatic heterocycles. The highest BCUT2D eigenvalue weighted by molar-refractivity contribution is 9.10. The van der Waals surface area contributed by atoms with Crippen molar-refractivity contribution in [3.63, 3.8) is 0 Å². The minimum absolute atomic E-state index is 0.0230. The van der Waals surface area contributed by atoms with Gasteiger partial charge in [-0.1, -0.05) is 15.9 Å². The van der Waals surface area contributed by atoms with E-state index in [1.54, 1.807) is 13.0 Å². The quantitative estimate of drug-likeness (QED) is 0.845. The first-order valence-electron chi connectivity index (χ1n) is 4.62. The summed E-state index contributed by atoms with van der Waals surface area (Å²) in [5.41, 5.74) is 2.14. The van der Waals surface area contributed by atoms with E-state index in [9.17, 15) is 9.18 Å². The van der Waals surface area contributed by atoms with E-state index in [4.69, 9.17) is 4.74 Å². The Labute approximate surface area is 101 Å². The van der Waals surface area contributed by atoms with E-state index in [1.165, 1.54) is 12.1 Å². The SMILES string of the molecule is CCONC(=O)COc1ccc(Br)cc1F. The average Bonchev–Trinajstić information content (AvgIpc) is 2.25. The minimum atomic E-state index is -0.529. The Morgan fingerprint density at radius 2 is 2.31 bits per heavy atom. The molecule has 0 spiro atoms. The number of benzene rings is 1. The highest BCUT2D eigenvalue weighted by atomic mass is 79.9. The summed E-state index contributed by atoms with van der Waals surface area (Å²) in [5.74, 6) is -0.974. The molecule has 1 N–H and O–H groups in total. The molecule has 0 fully saturated rings. The van der Waals surface area contributed by atoms with Crippen LogP contribution in [0.2, 0.25) is 0 Å². The van der Waals surface area contributed by atoms with E-state index in [2.05, 4.69) is 26.2 Å². The molecular weight excluding hydrogens is 281 g/mol. The first-order valence-corrected chi connectivity index (χ1v) is 5.41. The van der Waals surface area contributed by atoms with Crippen molar-refractivity contribution in [3.05, 3.63) is 28.5 Å². The highest BCUT2D eigenvalue weighted by Gasteiger charge is 2.06. The maximum atomic E-state index is 13.2. The van der Waals surface area contributed by atoms with Gasteiger partial charge in [0, 0.05) is 4.47 Å². The molecular formula is C10H11BrFNO3. The second kappa shape index (κ2) is 6.44. The third-order valence-electron chi connectivity index (χ3n) is 1.58. The van der Waals surface area contributed by atoms with E-state index in [1.807, 2.05) is 0 Å². The van der Waals surface area contributed by atoms with Crippen LogP contribution >= 0.6 is 15.9 Å². The maximum absolute atomic E-state index is 13.2. The van der Waals surface area contributed by atoms with Gasteiger partial charge in [-0.2, -0.15) is 0 Å². The summed E-state index contributed by atoms with van der Waals surface area (Å²) in [6.45, 7) is 1.80. The second-order valence-corrected chi connectivity index (χ2v) is 3.74. The Morgan fingerprint density at radius 1 is 1.56 bits per heavy atom. The van der Waals surface area contributed by atoms with Gasteiger partial charge in [0.2, 0.25) is 0 Å². The molecule has 1 rings (SSSR count). The van der Waals surface area contributed by atoms with Crippen molar-refractivity contribution in [1.29, 1.82) is 0 Å². The fraction of sp³-hybridized carbons (Fsp3) is 0.300. The molecule has 0 saturated heterocycles. The van der Waals surface area contributed by atoms with Crippen LogP contribution in [0.4, 0.5) is 4.39 Å². The predicted octanol–water partition coefficient (Wildman–Crippen LogP) is 2.03. The molecule has 6 heteroatoms. The van der Waals surface area contributed by atoms with Gasteiger partial charge < -0.3 is 4.74 Å². The van der Waals surface area contributed by atoms with E-state index in [0.29, 0.717) is 11.1 Å². The van der Waals surface area contributed by atoms with Crippen molar-refractivity contribution in [2.45, 2.75) is 6.92 Å². The lowest BCUT2D eigenvalue weighted by molar-refractivity contribution is -0.135. The van der Waals surface area contributed by atoms with Gasteiger partial charge >= 0.3 is 0 Å². The van der Waals surface area contributed by atoms with E-state index >= 15 is 0 Å². The Morgan fingerprint density at radius 3 is 2.94 bits per heavy atom. The average molecular weight is 292 g/mol. The maximum Gasteiger partial charge on any atom is 0.281 e. The molecule has 1 aromatic carbocycles. The summed E-state index contributed by atoms with van der Waals surface area (Å²) in [5, 5.41) is 0. The van der Waals surface area contributed by atoms with Crippen LogP contribution in [-0.2, 0) is 9.63 Å². The van der Waals surface area contributed by atoms with E-state index in [-0.39, 0.29) is 12.4 Å². The van der Waals surface area contributed by atoms with Gasteiger partial charge in [0.15, 0.2) is 18.2 Å². The van der Waals surface area contributed by atoms with Crippen molar-refractivity contribution in [1.82, 2.24) is 5.48 Å². The Kier molecular flexibility index (Phi) is 5.21. The van der Waals surface area contributed by atoms with Crippen molar-refractivity contribution >= 4 is 21.8 Å². The zero-order chi connectivity index (χ0) is 12.0. The molecule has 0 radical (unpaired) electrons. The molecule has 0 saturated carbocycles. The van der Waals surface area contributed by atoms with Crippen molar-refractivity contribution in [3.8, 4) is 5.75 Å². The van der Waals surface area contributed by atoms with Gasteiger partial charge in [0.25, 0.3) is 5.91 Å². The van der Waals surface area contributed by atoms with Crippen LogP contribution in [-0.4, -0.2) is 19.1 Å². The number of hydrogen-bond donors (Lipinski definition) is 1. The number of halogens is 2. The largest absolute Gasteiger partial charge is 0.481 e. The van der Waals surface area contributed by atoms with Gasteiger partial charge in [0.05, 0.1) is 6.61 Å². The van der Waals surface area contributed by atoms with Crippen molar-refractivity contribution in [2.24, 2.45) is 0 Å². The number of carbonyl (C=O) groups is 1. The van der Waals surface area contributed by atoms with Gasteiger partial charge in [0.1, 0.15) is 0 Å². The number of amides is 1. The van der Waals surface area contributed by atoms with Gasteiger partial charge in [-0.05, 0) is 25.1 Å². The molecule has 0 aliphatic carbocycles. The summed E-state index contributed by atoms with van der Waals surface area (Å²) in [7, 11) is 0. The zero-order valence-electron chi connectivity index (χ0n) is 8.63. The third kappa shape index (κ3) is 4.16. The van der Waals surface area contributed by atoms with Crippen LogP contribution < -0.4 is 10.2 Å². The Bertz CT molecular complexity index is 373. The molecule has 1 aromatic rings. The Balaban J connectivity index is 2.45. The van der Waals surface area contributed by atoms with Crippen LogP contribution in [0.1, 0.15) is 6.92 Å². The van der Waals surface area contributed by atoms with Crippen LogP contribution in [0.25, 0.3) is 0 Å². The van der Waals surface area contributed by atoms with Gasteiger partial charge in [-0.15, -0.1) is 0 Å². The van der Waals surface area contributed by atoms with Crippen LogP contribution in [0.15, 0.2) is 22.7 Å². The van der Waals surface area contributed by atoms with Crippen molar-refractivity contribution < 1.29 is 18.8 Å². The fourth-order valence-corrected chi connectivity index (χ4v) is 1.25. The second-order valence-electron chi connectivity index (χ2n) is 2.82. The first kappa shape index (κ1) is 12.9. The number of hydrogen-bond acceptors (Lipinski definition) is 3. The number of nitrogens with one attached hydrogen (secondary N) is 1. The van der Waals surface area contributed by atoms with Crippen LogP contribution in [0.5, 0.6) is 5.75 Å². The zero-order valence-corrected chi connectivity index (χ0v) is 10.2. The standard InChI is InChI=1S/C10H11BrFNO3/c1-2-16-13-10(14)6-15-9-4-3-7(11)5-8(9)12/h3-5H,2,6H2,1H3,(H,13,14). The van der Waals surface area contributed by atoms with Crippen LogP contribution in [0, 0.1) is 5.82 Å². The first-order chi connectivity index (χ1) is 7.63. The van der Waals surface area contributed by atoms with E-state index in [0.717, 1.165) is 0 Å². The number of carbonyl (C=O) groups excluding carboxylic acids is 1. The van der Waals surface area contributed by atoms with Crippen molar-refractivity contribution in [2.75, 3.05) is 13.2 Å². The molecule has 88 valence electrons. The lowest BCUT2D eigenvalue weighted by Gasteiger charge is -2.07. The summed E-state index contributed by atoms with van der Waals surface area (Å²) in [6.07, 6.45) is 0. The smallest absolute Gasteiger partial charge is 0.281 e. The van der Waals surface area contributed by atoms with Gasteiger partial charge in [-0.25, -0.2) is 9.87 Å². The lowest BCUT2D eigenvalue weighted by Crippen LogP contribution is -2.29.